The Morgan fingerprint density at radius 2 is 2.00 bits per heavy atom. The van der Waals surface area contributed by atoms with E-state index in [0.29, 0.717) is 5.75 Å². The molecule has 6 heteroatoms. The molecule has 0 atom stereocenters. The van der Waals surface area contributed by atoms with Gasteiger partial charge >= 0.3 is 0 Å². The summed E-state index contributed by atoms with van der Waals surface area (Å²) in [6.45, 7) is 5.17. The van der Waals surface area contributed by atoms with Crippen LogP contribution in [0, 0.1) is 0 Å². The molecule has 0 unspecified atom stereocenters. The predicted molar refractivity (Wildman–Crippen MR) is 90.6 cm³/mol. The second-order valence-electron chi connectivity index (χ2n) is 4.92. The highest BCUT2D eigenvalue weighted by atomic mass is 79.9. The van der Waals surface area contributed by atoms with Gasteiger partial charge in [0.15, 0.2) is 0 Å². The number of carbonyl (C=O) groups is 1. The van der Waals surface area contributed by atoms with Crippen molar-refractivity contribution < 1.29 is 9.53 Å². The van der Waals surface area contributed by atoms with E-state index in [9.17, 15) is 4.79 Å². The molecule has 1 N–H and O–H groups in total. The number of hydrogen-bond donors (Lipinski definition) is 1. The Labute approximate surface area is 138 Å². The van der Waals surface area contributed by atoms with E-state index in [1.807, 2.05) is 12.1 Å². The van der Waals surface area contributed by atoms with Crippen molar-refractivity contribution in [2.45, 2.75) is 5.75 Å². The van der Waals surface area contributed by atoms with Gasteiger partial charge in [-0.3, -0.25) is 9.69 Å². The fourth-order valence-electron chi connectivity index (χ4n) is 2.07. The van der Waals surface area contributed by atoms with Gasteiger partial charge in [-0.15, -0.1) is 11.8 Å². The molecule has 0 aliphatic carbocycles. The topological polar surface area (TPSA) is 41.6 Å². The molecule has 0 aromatic heterocycles. The van der Waals surface area contributed by atoms with Gasteiger partial charge in [0, 0.05) is 36.4 Å². The number of ether oxygens (including phenoxy) is 1. The molecule has 4 nitrogen and oxygen atoms in total. The number of amides is 1. The SMILES string of the molecule is O=C(CSCc1ccc(Br)cc1)NCCN1CCOCC1. The van der Waals surface area contributed by atoms with Gasteiger partial charge in [-0.05, 0) is 17.7 Å². The minimum absolute atomic E-state index is 0.116. The Hall–Kier alpha value is -0.560. The lowest BCUT2D eigenvalue weighted by Gasteiger charge is -2.26. The van der Waals surface area contributed by atoms with Crippen molar-refractivity contribution in [3.05, 3.63) is 34.3 Å². The predicted octanol–water partition coefficient (Wildman–Crippen LogP) is 2.13. The van der Waals surface area contributed by atoms with Crippen LogP contribution in [0.15, 0.2) is 28.7 Å². The summed E-state index contributed by atoms with van der Waals surface area (Å²) in [5.74, 6) is 1.49. The molecule has 1 heterocycles. The van der Waals surface area contributed by atoms with Crippen molar-refractivity contribution in [3.63, 3.8) is 0 Å². The Morgan fingerprint density at radius 1 is 1.29 bits per heavy atom. The minimum Gasteiger partial charge on any atom is -0.379 e. The second kappa shape index (κ2) is 9.46. The molecule has 1 aromatic rings. The summed E-state index contributed by atoms with van der Waals surface area (Å²) in [7, 11) is 0. The van der Waals surface area contributed by atoms with Gasteiger partial charge in [0.05, 0.1) is 19.0 Å². The average molecular weight is 373 g/mol. The van der Waals surface area contributed by atoms with E-state index in [4.69, 9.17) is 4.74 Å². The maximum atomic E-state index is 11.7. The van der Waals surface area contributed by atoms with Crippen molar-refractivity contribution in [3.8, 4) is 0 Å². The van der Waals surface area contributed by atoms with Gasteiger partial charge in [-0.1, -0.05) is 28.1 Å². The Morgan fingerprint density at radius 3 is 2.71 bits per heavy atom. The van der Waals surface area contributed by atoms with E-state index in [2.05, 4.69) is 38.3 Å². The third-order valence-corrected chi connectivity index (χ3v) is 4.80. The number of halogens is 1. The molecule has 0 spiro atoms. The van der Waals surface area contributed by atoms with E-state index in [1.54, 1.807) is 11.8 Å². The Balaban J connectivity index is 1.54. The van der Waals surface area contributed by atoms with E-state index < -0.39 is 0 Å². The van der Waals surface area contributed by atoms with Crippen LogP contribution in [0.5, 0.6) is 0 Å². The number of hydrogen-bond acceptors (Lipinski definition) is 4. The van der Waals surface area contributed by atoms with Gasteiger partial charge in [0.25, 0.3) is 0 Å². The number of nitrogens with zero attached hydrogens (tertiary/aromatic N) is 1. The van der Waals surface area contributed by atoms with Gasteiger partial charge in [-0.25, -0.2) is 0 Å². The Kier molecular flexibility index (Phi) is 7.57. The molecule has 1 saturated heterocycles. The van der Waals surface area contributed by atoms with Crippen molar-refractivity contribution in [2.24, 2.45) is 0 Å². The average Bonchev–Trinajstić information content (AvgIpc) is 2.50. The molecule has 116 valence electrons. The highest BCUT2D eigenvalue weighted by Gasteiger charge is 2.10. The third-order valence-electron chi connectivity index (χ3n) is 3.27. The summed E-state index contributed by atoms with van der Waals surface area (Å²) in [4.78, 5) is 14.1. The largest absolute Gasteiger partial charge is 0.379 e. The van der Waals surface area contributed by atoms with Gasteiger partial charge in [0.2, 0.25) is 5.91 Å². The first-order chi connectivity index (χ1) is 10.2. The molecule has 1 fully saturated rings. The van der Waals surface area contributed by atoms with Crippen molar-refractivity contribution in [1.29, 1.82) is 0 Å². The second-order valence-corrected chi connectivity index (χ2v) is 6.82. The van der Waals surface area contributed by atoms with Crippen molar-refractivity contribution >= 4 is 33.6 Å². The number of nitrogens with one attached hydrogen (secondary N) is 1. The molecule has 1 aromatic carbocycles. The first-order valence-electron chi connectivity index (χ1n) is 7.13. The number of benzene rings is 1. The van der Waals surface area contributed by atoms with E-state index in [-0.39, 0.29) is 5.91 Å². The first-order valence-corrected chi connectivity index (χ1v) is 9.08. The van der Waals surface area contributed by atoms with Crippen molar-refractivity contribution in [1.82, 2.24) is 10.2 Å². The molecule has 0 radical (unpaired) electrons. The zero-order valence-corrected chi connectivity index (χ0v) is 14.4. The lowest BCUT2D eigenvalue weighted by atomic mass is 10.2. The fourth-order valence-corrected chi connectivity index (χ4v) is 3.15. The van der Waals surface area contributed by atoms with Crippen LogP contribution in [-0.4, -0.2) is 56.0 Å². The van der Waals surface area contributed by atoms with Crippen LogP contribution in [0.4, 0.5) is 0 Å². The number of thioether (sulfide) groups is 1. The summed E-state index contributed by atoms with van der Waals surface area (Å²) < 4.78 is 6.38. The summed E-state index contributed by atoms with van der Waals surface area (Å²) in [6.07, 6.45) is 0. The number of morpholine rings is 1. The highest BCUT2D eigenvalue weighted by Crippen LogP contribution is 2.15. The van der Waals surface area contributed by atoms with Crippen LogP contribution in [0.2, 0.25) is 0 Å². The number of carbonyl (C=O) groups excluding carboxylic acids is 1. The van der Waals surface area contributed by atoms with E-state index >= 15 is 0 Å². The van der Waals surface area contributed by atoms with Gasteiger partial charge in [-0.2, -0.15) is 0 Å². The molecular weight excluding hydrogens is 352 g/mol. The quantitative estimate of drug-likeness (QED) is 0.795. The third kappa shape index (κ3) is 6.82. The molecule has 2 rings (SSSR count). The lowest BCUT2D eigenvalue weighted by Crippen LogP contribution is -2.41. The monoisotopic (exact) mass is 372 g/mol. The van der Waals surface area contributed by atoms with E-state index in [0.717, 1.165) is 49.6 Å². The molecular formula is C15H21BrN2O2S. The van der Waals surface area contributed by atoms with Crippen molar-refractivity contribution in [2.75, 3.05) is 45.1 Å². The Bertz CT molecular complexity index is 436. The standard InChI is InChI=1S/C15H21BrN2O2S/c16-14-3-1-13(2-4-14)11-21-12-15(19)17-5-6-18-7-9-20-10-8-18/h1-4H,5-12H2,(H,17,19). The summed E-state index contributed by atoms with van der Waals surface area (Å²) in [5, 5.41) is 2.98. The number of rotatable bonds is 7. The summed E-state index contributed by atoms with van der Waals surface area (Å²) in [6, 6.07) is 8.21. The summed E-state index contributed by atoms with van der Waals surface area (Å²) >= 11 is 5.06. The minimum atomic E-state index is 0.116. The van der Waals surface area contributed by atoms with Gasteiger partial charge < -0.3 is 10.1 Å². The van der Waals surface area contributed by atoms with Crippen LogP contribution in [0.3, 0.4) is 0 Å². The van der Waals surface area contributed by atoms with Crippen LogP contribution < -0.4 is 5.32 Å². The fraction of sp³-hybridized carbons (Fsp3) is 0.533. The van der Waals surface area contributed by atoms with Gasteiger partial charge in [0.1, 0.15) is 0 Å². The molecule has 1 amide bonds. The van der Waals surface area contributed by atoms with Crippen LogP contribution in [-0.2, 0) is 15.3 Å². The van der Waals surface area contributed by atoms with Crippen LogP contribution in [0.25, 0.3) is 0 Å². The maximum absolute atomic E-state index is 11.7. The summed E-state index contributed by atoms with van der Waals surface area (Å²) in [5.41, 5.74) is 1.24. The maximum Gasteiger partial charge on any atom is 0.230 e. The smallest absolute Gasteiger partial charge is 0.230 e. The normalized spacial score (nSPS) is 15.9. The molecule has 1 aliphatic rings. The van der Waals surface area contributed by atoms with Crippen LogP contribution in [0.1, 0.15) is 5.56 Å². The highest BCUT2D eigenvalue weighted by molar-refractivity contribution is 9.10. The molecule has 0 bridgehead atoms. The molecule has 21 heavy (non-hydrogen) atoms. The van der Waals surface area contributed by atoms with E-state index in [1.165, 1.54) is 5.56 Å². The first kappa shape index (κ1) is 16.8. The lowest BCUT2D eigenvalue weighted by molar-refractivity contribution is -0.118. The van der Waals surface area contributed by atoms with Crippen LogP contribution >= 0.6 is 27.7 Å². The molecule has 1 aliphatic heterocycles. The zero-order chi connectivity index (χ0) is 14.9. The zero-order valence-electron chi connectivity index (χ0n) is 12.0. The molecule has 0 saturated carbocycles.